The molecule has 1 N–H and O–H groups in total. The molecule has 6 heteroatoms. The van der Waals surface area contributed by atoms with E-state index in [0.717, 1.165) is 13.0 Å². The van der Waals surface area contributed by atoms with Gasteiger partial charge in [0.1, 0.15) is 0 Å². The van der Waals surface area contributed by atoms with Gasteiger partial charge in [0.05, 0.1) is 4.90 Å². The molecule has 110 valence electrons. The topological polar surface area (TPSA) is 66.5 Å². The maximum absolute atomic E-state index is 12.6. The number of nitrogens with one attached hydrogen (secondary N) is 1. The van der Waals surface area contributed by atoms with E-state index in [1.807, 2.05) is 7.05 Å². The number of rotatable bonds is 5. The lowest BCUT2D eigenvalue weighted by molar-refractivity contribution is 0.101. The Morgan fingerprint density at radius 2 is 2.20 bits per heavy atom. The van der Waals surface area contributed by atoms with Crippen molar-refractivity contribution >= 4 is 15.8 Å². The Balaban J connectivity index is 2.23. The number of hydrogen-bond donors (Lipinski definition) is 1. The molecule has 1 saturated heterocycles. The van der Waals surface area contributed by atoms with E-state index in [4.69, 9.17) is 0 Å². The van der Waals surface area contributed by atoms with Crippen LogP contribution in [0.4, 0.5) is 0 Å². The maximum atomic E-state index is 12.6. The van der Waals surface area contributed by atoms with Crippen molar-refractivity contribution in [3.8, 4) is 0 Å². The van der Waals surface area contributed by atoms with Crippen LogP contribution in [0, 0.1) is 5.92 Å². The van der Waals surface area contributed by atoms with Gasteiger partial charge in [-0.15, -0.1) is 0 Å². The summed E-state index contributed by atoms with van der Waals surface area (Å²) in [6.45, 7) is 3.33. The molecule has 1 atom stereocenters. The molecule has 1 fully saturated rings. The van der Waals surface area contributed by atoms with Crippen LogP contribution in [0.1, 0.15) is 23.7 Å². The van der Waals surface area contributed by atoms with E-state index in [2.05, 4.69) is 5.32 Å². The highest BCUT2D eigenvalue weighted by molar-refractivity contribution is 7.89. The van der Waals surface area contributed by atoms with Crippen molar-refractivity contribution in [3.05, 3.63) is 29.8 Å². The van der Waals surface area contributed by atoms with Gasteiger partial charge in [-0.25, -0.2) is 8.42 Å². The van der Waals surface area contributed by atoms with E-state index in [-0.39, 0.29) is 10.7 Å². The standard InChI is InChI=1S/C14H20N2O3S/c1-11(17)13-4-3-5-14(8-13)20(18,19)16-7-6-12(10-16)9-15-2/h3-5,8,12,15H,6-7,9-10H2,1-2H3. The summed E-state index contributed by atoms with van der Waals surface area (Å²) in [7, 11) is -1.62. The first-order chi connectivity index (χ1) is 9.45. The molecule has 2 rings (SSSR count). The summed E-state index contributed by atoms with van der Waals surface area (Å²) in [6, 6.07) is 6.26. The zero-order valence-corrected chi connectivity index (χ0v) is 12.6. The molecule has 0 saturated carbocycles. The van der Waals surface area contributed by atoms with Crippen LogP contribution in [0.2, 0.25) is 0 Å². The van der Waals surface area contributed by atoms with Gasteiger partial charge < -0.3 is 5.32 Å². The van der Waals surface area contributed by atoms with Gasteiger partial charge in [-0.3, -0.25) is 4.79 Å². The molecule has 0 aromatic heterocycles. The number of nitrogens with zero attached hydrogens (tertiary/aromatic N) is 1. The van der Waals surface area contributed by atoms with Crippen molar-refractivity contribution in [1.29, 1.82) is 0 Å². The summed E-state index contributed by atoms with van der Waals surface area (Å²) in [5.74, 6) is 0.224. The summed E-state index contributed by atoms with van der Waals surface area (Å²) in [5, 5.41) is 3.08. The second-order valence-corrected chi connectivity index (χ2v) is 7.10. The Morgan fingerprint density at radius 1 is 1.45 bits per heavy atom. The van der Waals surface area contributed by atoms with Gasteiger partial charge in [0.25, 0.3) is 0 Å². The minimum Gasteiger partial charge on any atom is -0.319 e. The summed E-state index contributed by atoms with van der Waals surface area (Å²) >= 11 is 0. The second kappa shape index (κ2) is 6.03. The molecule has 0 amide bonds. The van der Waals surface area contributed by atoms with Crippen LogP contribution in [-0.2, 0) is 10.0 Å². The van der Waals surface area contributed by atoms with Gasteiger partial charge in [0.15, 0.2) is 5.78 Å². The third kappa shape index (κ3) is 3.08. The molecule has 0 spiro atoms. The summed E-state index contributed by atoms with van der Waals surface area (Å²) in [6.07, 6.45) is 0.868. The van der Waals surface area contributed by atoms with Crippen molar-refractivity contribution < 1.29 is 13.2 Å². The Labute approximate surface area is 120 Å². The number of ketones is 1. The lowest BCUT2D eigenvalue weighted by atomic mass is 10.1. The normalized spacial score (nSPS) is 20.2. The molecule has 1 heterocycles. The van der Waals surface area contributed by atoms with Crippen LogP contribution >= 0.6 is 0 Å². The lowest BCUT2D eigenvalue weighted by Gasteiger charge is -2.17. The largest absolute Gasteiger partial charge is 0.319 e. The van der Waals surface area contributed by atoms with E-state index in [1.165, 1.54) is 17.3 Å². The number of carbonyl (C=O) groups excluding carboxylic acids is 1. The highest BCUT2D eigenvalue weighted by Crippen LogP contribution is 2.24. The summed E-state index contributed by atoms with van der Waals surface area (Å²) < 4.78 is 26.6. The van der Waals surface area contributed by atoms with Crippen LogP contribution in [0.15, 0.2) is 29.2 Å². The van der Waals surface area contributed by atoms with Gasteiger partial charge in [-0.2, -0.15) is 4.31 Å². The molecule has 20 heavy (non-hydrogen) atoms. The third-order valence-corrected chi connectivity index (χ3v) is 5.48. The monoisotopic (exact) mass is 296 g/mol. The predicted molar refractivity (Wildman–Crippen MR) is 77.2 cm³/mol. The van der Waals surface area contributed by atoms with Crippen molar-refractivity contribution in [2.24, 2.45) is 5.92 Å². The molecular formula is C14H20N2O3S. The fourth-order valence-electron chi connectivity index (χ4n) is 2.50. The van der Waals surface area contributed by atoms with Crippen LogP contribution < -0.4 is 5.32 Å². The lowest BCUT2D eigenvalue weighted by Crippen LogP contribution is -2.30. The highest BCUT2D eigenvalue weighted by Gasteiger charge is 2.32. The average molecular weight is 296 g/mol. The number of carbonyl (C=O) groups is 1. The molecule has 1 aromatic carbocycles. The van der Waals surface area contributed by atoms with Crippen molar-refractivity contribution in [1.82, 2.24) is 9.62 Å². The molecule has 0 aliphatic carbocycles. The Morgan fingerprint density at radius 3 is 2.85 bits per heavy atom. The van der Waals surface area contributed by atoms with E-state index >= 15 is 0 Å². The molecule has 1 aliphatic heterocycles. The molecule has 1 aromatic rings. The fraction of sp³-hybridized carbons (Fsp3) is 0.500. The molecular weight excluding hydrogens is 276 g/mol. The van der Waals surface area contributed by atoms with Crippen LogP contribution in [-0.4, -0.2) is 45.2 Å². The number of benzene rings is 1. The second-order valence-electron chi connectivity index (χ2n) is 5.16. The zero-order chi connectivity index (χ0) is 14.8. The van der Waals surface area contributed by atoms with E-state index in [0.29, 0.717) is 24.6 Å². The van der Waals surface area contributed by atoms with Crippen LogP contribution in [0.5, 0.6) is 0 Å². The van der Waals surface area contributed by atoms with Gasteiger partial charge in [0.2, 0.25) is 10.0 Å². The molecule has 1 unspecified atom stereocenters. The quantitative estimate of drug-likeness (QED) is 0.827. The Kier molecular flexibility index (Phi) is 4.57. The first-order valence-electron chi connectivity index (χ1n) is 6.71. The minimum absolute atomic E-state index is 0.128. The molecule has 1 aliphatic rings. The number of sulfonamides is 1. The molecule has 0 radical (unpaired) electrons. The first kappa shape index (κ1) is 15.2. The minimum atomic E-state index is -3.49. The summed E-state index contributed by atoms with van der Waals surface area (Å²) in [5.41, 5.74) is 0.428. The fourth-order valence-corrected chi connectivity index (χ4v) is 4.07. The molecule has 0 bridgehead atoms. The first-order valence-corrected chi connectivity index (χ1v) is 8.15. The van der Waals surface area contributed by atoms with Gasteiger partial charge >= 0.3 is 0 Å². The smallest absolute Gasteiger partial charge is 0.243 e. The zero-order valence-electron chi connectivity index (χ0n) is 11.8. The predicted octanol–water partition coefficient (Wildman–Crippen LogP) is 1.12. The average Bonchev–Trinajstić information content (AvgIpc) is 2.88. The number of Topliss-reactive ketones (excluding diaryl/α,β-unsaturated/α-hetero) is 1. The van der Waals surface area contributed by atoms with E-state index in [1.54, 1.807) is 18.2 Å². The Hall–Kier alpha value is -1.24. The maximum Gasteiger partial charge on any atom is 0.243 e. The van der Waals surface area contributed by atoms with Crippen molar-refractivity contribution in [2.75, 3.05) is 26.7 Å². The van der Waals surface area contributed by atoms with Crippen molar-refractivity contribution in [2.45, 2.75) is 18.2 Å². The Bertz CT molecular complexity index is 598. The third-order valence-electron chi connectivity index (χ3n) is 3.62. The van der Waals surface area contributed by atoms with Gasteiger partial charge in [-0.1, -0.05) is 12.1 Å². The van der Waals surface area contributed by atoms with Crippen molar-refractivity contribution in [3.63, 3.8) is 0 Å². The SMILES string of the molecule is CNCC1CCN(S(=O)(=O)c2cccc(C(C)=O)c2)C1. The van der Waals surface area contributed by atoms with E-state index < -0.39 is 10.0 Å². The van der Waals surface area contributed by atoms with Crippen LogP contribution in [0.25, 0.3) is 0 Å². The van der Waals surface area contributed by atoms with Gasteiger partial charge in [-0.05, 0) is 45.0 Å². The van der Waals surface area contributed by atoms with E-state index in [9.17, 15) is 13.2 Å². The summed E-state index contributed by atoms with van der Waals surface area (Å²) in [4.78, 5) is 11.6. The van der Waals surface area contributed by atoms with Gasteiger partial charge in [0, 0.05) is 18.7 Å². The highest BCUT2D eigenvalue weighted by atomic mass is 32.2. The van der Waals surface area contributed by atoms with Crippen LogP contribution in [0.3, 0.4) is 0 Å². The number of hydrogen-bond acceptors (Lipinski definition) is 4. The molecule has 5 nitrogen and oxygen atoms in total.